The first kappa shape index (κ1) is 9.48. The summed E-state index contributed by atoms with van der Waals surface area (Å²) in [5.41, 5.74) is 2.78. The van der Waals surface area contributed by atoms with Crippen molar-refractivity contribution in [3.05, 3.63) is 28.0 Å². The van der Waals surface area contributed by atoms with Crippen molar-refractivity contribution in [3.8, 4) is 6.07 Å². The lowest BCUT2D eigenvalue weighted by molar-refractivity contribution is 0.951. The van der Waals surface area contributed by atoms with Gasteiger partial charge in [-0.25, -0.2) is 4.98 Å². The fourth-order valence-corrected chi connectivity index (χ4v) is 1.81. The Morgan fingerprint density at radius 2 is 2.36 bits per heavy atom. The molecule has 2 nitrogen and oxygen atoms in total. The molecular formula is C11H11ClN2. The SMILES string of the molecule is CCc1cc(C#N)c(Cl)nc1C1CC1. The molecule has 0 bridgehead atoms. The summed E-state index contributed by atoms with van der Waals surface area (Å²) >= 11 is 5.90. The topological polar surface area (TPSA) is 36.7 Å². The number of pyridine rings is 1. The average molecular weight is 207 g/mol. The van der Waals surface area contributed by atoms with Gasteiger partial charge in [-0.05, 0) is 30.9 Å². The largest absolute Gasteiger partial charge is 0.239 e. The third kappa shape index (κ3) is 1.60. The molecule has 0 spiro atoms. The van der Waals surface area contributed by atoms with Crippen LogP contribution in [0.4, 0.5) is 0 Å². The molecule has 1 aliphatic rings. The third-order valence-electron chi connectivity index (χ3n) is 2.55. The Labute approximate surface area is 88.5 Å². The molecule has 72 valence electrons. The minimum absolute atomic E-state index is 0.353. The maximum absolute atomic E-state index is 8.81. The highest BCUT2D eigenvalue weighted by Gasteiger charge is 2.28. The highest BCUT2D eigenvalue weighted by Crippen LogP contribution is 2.41. The number of aromatic nitrogens is 1. The predicted octanol–water partition coefficient (Wildman–Crippen LogP) is 3.05. The lowest BCUT2D eigenvalue weighted by Gasteiger charge is -2.06. The van der Waals surface area contributed by atoms with Crippen LogP contribution >= 0.6 is 11.6 Å². The molecular weight excluding hydrogens is 196 g/mol. The first-order valence-electron chi connectivity index (χ1n) is 4.85. The van der Waals surface area contributed by atoms with Crippen molar-refractivity contribution in [1.29, 1.82) is 5.26 Å². The highest BCUT2D eigenvalue weighted by atomic mass is 35.5. The summed E-state index contributed by atoms with van der Waals surface area (Å²) in [6, 6.07) is 3.94. The zero-order valence-electron chi connectivity index (χ0n) is 8.05. The van der Waals surface area contributed by atoms with E-state index in [4.69, 9.17) is 16.9 Å². The molecule has 0 aromatic carbocycles. The van der Waals surface area contributed by atoms with E-state index in [-0.39, 0.29) is 0 Å². The summed E-state index contributed by atoms with van der Waals surface area (Å²) in [6.07, 6.45) is 3.34. The molecule has 1 fully saturated rings. The van der Waals surface area contributed by atoms with Crippen molar-refractivity contribution < 1.29 is 0 Å². The Morgan fingerprint density at radius 1 is 1.64 bits per heavy atom. The molecule has 0 amide bonds. The molecule has 1 aromatic heterocycles. The summed E-state index contributed by atoms with van der Waals surface area (Å²) in [5, 5.41) is 9.16. The second-order valence-corrected chi connectivity index (χ2v) is 3.97. The monoisotopic (exact) mass is 206 g/mol. The van der Waals surface area contributed by atoms with Crippen molar-refractivity contribution in [3.63, 3.8) is 0 Å². The van der Waals surface area contributed by atoms with Crippen molar-refractivity contribution in [2.24, 2.45) is 0 Å². The molecule has 0 unspecified atom stereocenters. The number of nitriles is 1. The van der Waals surface area contributed by atoms with Gasteiger partial charge >= 0.3 is 0 Å². The summed E-state index contributed by atoms with van der Waals surface area (Å²) in [4.78, 5) is 4.32. The molecule has 0 atom stereocenters. The fourth-order valence-electron chi connectivity index (χ4n) is 1.62. The Morgan fingerprint density at radius 3 is 2.86 bits per heavy atom. The van der Waals surface area contributed by atoms with Crippen LogP contribution in [-0.2, 0) is 6.42 Å². The van der Waals surface area contributed by atoms with Gasteiger partial charge in [-0.2, -0.15) is 5.26 Å². The standard InChI is InChI=1S/C11H11ClN2/c1-2-7-5-9(6-13)11(12)14-10(7)8-3-4-8/h5,8H,2-4H2,1H3. The van der Waals surface area contributed by atoms with E-state index in [9.17, 15) is 0 Å². The van der Waals surface area contributed by atoms with Gasteiger partial charge in [-0.3, -0.25) is 0 Å². The van der Waals surface area contributed by atoms with E-state index in [0.717, 1.165) is 12.1 Å². The maximum Gasteiger partial charge on any atom is 0.147 e. The average Bonchev–Trinajstić information content (AvgIpc) is 3.00. The smallest absolute Gasteiger partial charge is 0.147 e. The van der Waals surface area contributed by atoms with E-state index in [1.807, 2.05) is 6.07 Å². The lowest BCUT2D eigenvalue weighted by atomic mass is 10.1. The van der Waals surface area contributed by atoms with Crippen LogP contribution in [0.15, 0.2) is 6.07 Å². The zero-order valence-corrected chi connectivity index (χ0v) is 8.80. The van der Waals surface area contributed by atoms with E-state index in [1.165, 1.54) is 18.4 Å². The van der Waals surface area contributed by atoms with Crippen LogP contribution in [0.3, 0.4) is 0 Å². The van der Waals surface area contributed by atoms with E-state index >= 15 is 0 Å². The van der Waals surface area contributed by atoms with Gasteiger partial charge in [-0.15, -0.1) is 0 Å². The lowest BCUT2D eigenvalue weighted by Crippen LogP contribution is -1.97. The van der Waals surface area contributed by atoms with Gasteiger partial charge < -0.3 is 0 Å². The van der Waals surface area contributed by atoms with E-state index in [1.54, 1.807) is 0 Å². The molecule has 1 heterocycles. The molecule has 1 aliphatic carbocycles. The third-order valence-corrected chi connectivity index (χ3v) is 2.84. The Hall–Kier alpha value is -1.07. The minimum atomic E-state index is 0.353. The van der Waals surface area contributed by atoms with Gasteiger partial charge in [0.15, 0.2) is 0 Å². The summed E-state index contributed by atoms with van der Waals surface area (Å²) in [5.74, 6) is 0.593. The van der Waals surface area contributed by atoms with Gasteiger partial charge in [-0.1, -0.05) is 18.5 Å². The van der Waals surface area contributed by atoms with Gasteiger partial charge in [0, 0.05) is 11.6 Å². The van der Waals surface area contributed by atoms with Crippen LogP contribution in [-0.4, -0.2) is 4.98 Å². The molecule has 0 aliphatic heterocycles. The van der Waals surface area contributed by atoms with E-state index < -0.39 is 0 Å². The van der Waals surface area contributed by atoms with Crippen molar-refractivity contribution in [2.75, 3.05) is 0 Å². The number of hydrogen-bond acceptors (Lipinski definition) is 2. The Bertz CT molecular complexity index is 402. The van der Waals surface area contributed by atoms with E-state index in [0.29, 0.717) is 16.6 Å². The van der Waals surface area contributed by atoms with E-state index in [2.05, 4.69) is 18.0 Å². The first-order chi connectivity index (χ1) is 6.76. The zero-order chi connectivity index (χ0) is 10.1. The van der Waals surface area contributed by atoms with Crippen molar-refractivity contribution in [2.45, 2.75) is 32.1 Å². The highest BCUT2D eigenvalue weighted by molar-refractivity contribution is 6.30. The fraction of sp³-hybridized carbons (Fsp3) is 0.455. The van der Waals surface area contributed by atoms with Crippen LogP contribution in [0, 0.1) is 11.3 Å². The number of halogens is 1. The maximum atomic E-state index is 8.81. The number of aryl methyl sites for hydroxylation is 1. The molecule has 0 N–H and O–H groups in total. The van der Waals surface area contributed by atoms with Crippen LogP contribution in [0.2, 0.25) is 5.15 Å². The van der Waals surface area contributed by atoms with Crippen LogP contribution in [0.25, 0.3) is 0 Å². The Balaban J connectivity index is 2.50. The van der Waals surface area contributed by atoms with Gasteiger partial charge in [0.05, 0.1) is 5.56 Å². The van der Waals surface area contributed by atoms with Crippen molar-refractivity contribution in [1.82, 2.24) is 4.98 Å². The normalized spacial score (nSPS) is 15.2. The van der Waals surface area contributed by atoms with Crippen LogP contribution in [0.1, 0.15) is 42.5 Å². The molecule has 14 heavy (non-hydrogen) atoms. The van der Waals surface area contributed by atoms with Gasteiger partial charge in [0.25, 0.3) is 0 Å². The number of nitrogens with zero attached hydrogens (tertiary/aromatic N) is 2. The molecule has 0 saturated heterocycles. The van der Waals surface area contributed by atoms with Crippen molar-refractivity contribution >= 4 is 11.6 Å². The first-order valence-corrected chi connectivity index (χ1v) is 5.23. The molecule has 0 radical (unpaired) electrons. The molecule has 2 rings (SSSR count). The van der Waals surface area contributed by atoms with Gasteiger partial charge in [0.2, 0.25) is 0 Å². The van der Waals surface area contributed by atoms with Crippen LogP contribution < -0.4 is 0 Å². The number of hydrogen-bond donors (Lipinski definition) is 0. The molecule has 1 saturated carbocycles. The molecule has 1 aromatic rings. The second-order valence-electron chi connectivity index (χ2n) is 3.61. The summed E-state index contributed by atoms with van der Waals surface area (Å²) < 4.78 is 0. The molecule has 3 heteroatoms. The minimum Gasteiger partial charge on any atom is -0.239 e. The predicted molar refractivity (Wildman–Crippen MR) is 55.3 cm³/mol. The van der Waals surface area contributed by atoms with Crippen LogP contribution in [0.5, 0.6) is 0 Å². The Kier molecular flexibility index (Phi) is 2.43. The number of rotatable bonds is 2. The quantitative estimate of drug-likeness (QED) is 0.698. The summed E-state index contributed by atoms with van der Waals surface area (Å²) in [6.45, 7) is 2.08. The second kappa shape index (κ2) is 3.59. The van der Waals surface area contributed by atoms with Gasteiger partial charge in [0.1, 0.15) is 11.2 Å². The summed E-state index contributed by atoms with van der Waals surface area (Å²) in [7, 11) is 0.